The van der Waals surface area contributed by atoms with Crippen molar-refractivity contribution in [3.63, 3.8) is 0 Å². The minimum absolute atomic E-state index is 0.00716. The van der Waals surface area contributed by atoms with Gasteiger partial charge in [0.05, 0.1) is 22.8 Å². The van der Waals surface area contributed by atoms with Crippen molar-refractivity contribution in [3.8, 4) is 0 Å². The van der Waals surface area contributed by atoms with E-state index in [2.05, 4.69) is 9.88 Å². The standard InChI is InChI=1S/C22H23F2N3O4S2/c1-33(29,30)17-5-2-4-15(12-17)21(28)27(7-3-6-26-8-10-31-11-9-26)22-25-20-18(24)13-16(23)14-19(20)32-22/h2,4-5,12-14H,3,6-11H2,1H3. The predicted molar refractivity (Wildman–Crippen MR) is 123 cm³/mol. The molecule has 0 saturated carbocycles. The maximum atomic E-state index is 14.2. The van der Waals surface area contributed by atoms with Crippen molar-refractivity contribution in [2.45, 2.75) is 11.3 Å². The number of morpholine rings is 1. The van der Waals surface area contributed by atoms with Crippen LogP contribution in [-0.2, 0) is 14.6 Å². The Labute approximate surface area is 194 Å². The van der Waals surface area contributed by atoms with Crippen LogP contribution in [0.5, 0.6) is 0 Å². The summed E-state index contributed by atoms with van der Waals surface area (Å²) in [6.07, 6.45) is 1.69. The van der Waals surface area contributed by atoms with Gasteiger partial charge in [0.1, 0.15) is 11.3 Å². The molecule has 0 unspecified atom stereocenters. The Balaban J connectivity index is 1.65. The molecule has 176 valence electrons. The first kappa shape index (κ1) is 23.7. The van der Waals surface area contributed by atoms with Gasteiger partial charge < -0.3 is 4.74 Å². The number of carbonyl (C=O) groups is 1. The number of fused-ring (bicyclic) bond motifs is 1. The Bertz CT molecular complexity index is 1270. The van der Waals surface area contributed by atoms with Gasteiger partial charge in [-0.25, -0.2) is 22.2 Å². The number of nitrogens with zero attached hydrogens (tertiary/aromatic N) is 3. The summed E-state index contributed by atoms with van der Waals surface area (Å²) in [6.45, 7) is 3.92. The molecule has 0 bridgehead atoms. The molecule has 0 radical (unpaired) electrons. The van der Waals surface area contributed by atoms with E-state index < -0.39 is 27.4 Å². The van der Waals surface area contributed by atoms with Crippen molar-refractivity contribution in [1.82, 2.24) is 9.88 Å². The zero-order valence-corrected chi connectivity index (χ0v) is 19.6. The van der Waals surface area contributed by atoms with Crippen LogP contribution in [0.2, 0.25) is 0 Å². The maximum Gasteiger partial charge on any atom is 0.260 e. The Morgan fingerprint density at radius 2 is 1.97 bits per heavy atom. The number of benzene rings is 2. The summed E-state index contributed by atoms with van der Waals surface area (Å²) < 4.78 is 57.5. The van der Waals surface area contributed by atoms with E-state index in [4.69, 9.17) is 4.74 Å². The summed E-state index contributed by atoms with van der Waals surface area (Å²) in [4.78, 5) is 21.4. The van der Waals surface area contributed by atoms with Gasteiger partial charge in [0, 0.05) is 44.1 Å². The molecule has 0 aliphatic carbocycles. The topological polar surface area (TPSA) is 79.8 Å². The quantitative estimate of drug-likeness (QED) is 0.500. The largest absolute Gasteiger partial charge is 0.379 e. The zero-order valence-electron chi connectivity index (χ0n) is 18.0. The summed E-state index contributed by atoms with van der Waals surface area (Å²) in [5.74, 6) is -1.98. The van der Waals surface area contributed by atoms with E-state index in [9.17, 15) is 22.0 Å². The van der Waals surface area contributed by atoms with E-state index in [1.165, 1.54) is 35.2 Å². The molecule has 3 aromatic rings. The fourth-order valence-electron chi connectivity index (χ4n) is 3.64. The van der Waals surface area contributed by atoms with Crippen molar-refractivity contribution in [2.24, 2.45) is 0 Å². The summed E-state index contributed by atoms with van der Waals surface area (Å²) in [5, 5.41) is 0.228. The summed E-state index contributed by atoms with van der Waals surface area (Å²) in [7, 11) is -3.51. The van der Waals surface area contributed by atoms with Crippen LogP contribution in [0.25, 0.3) is 10.2 Å². The smallest absolute Gasteiger partial charge is 0.260 e. The number of hydrogen-bond acceptors (Lipinski definition) is 7. The number of amides is 1. The number of carbonyl (C=O) groups excluding carboxylic acids is 1. The number of sulfone groups is 1. The fourth-order valence-corrected chi connectivity index (χ4v) is 5.33. The first-order valence-corrected chi connectivity index (χ1v) is 13.1. The molecule has 1 amide bonds. The van der Waals surface area contributed by atoms with Crippen LogP contribution in [0.4, 0.5) is 13.9 Å². The molecule has 1 fully saturated rings. The molecule has 0 atom stereocenters. The van der Waals surface area contributed by atoms with E-state index in [-0.39, 0.29) is 27.7 Å². The SMILES string of the molecule is CS(=O)(=O)c1cccc(C(=O)N(CCCN2CCOCC2)c2nc3c(F)cc(F)cc3s2)c1. The summed E-state index contributed by atoms with van der Waals surface area (Å²) in [5.41, 5.74) is 0.169. The Kier molecular flexibility index (Phi) is 7.03. The second-order valence-electron chi connectivity index (χ2n) is 7.80. The van der Waals surface area contributed by atoms with E-state index in [0.717, 1.165) is 43.3 Å². The van der Waals surface area contributed by atoms with Gasteiger partial charge in [-0.2, -0.15) is 0 Å². The molecule has 0 spiro atoms. The number of anilines is 1. The number of ether oxygens (including phenoxy) is 1. The number of rotatable bonds is 7. The van der Waals surface area contributed by atoms with Gasteiger partial charge in [-0.15, -0.1) is 0 Å². The van der Waals surface area contributed by atoms with Crippen molar-refractivity contribution < 1.29 is 26.7 Å². The van der Waals surface area contributed by atoms with E-state index in [0.29, 0.717) is 24.3 Å². The van der Waals surface area contributed by atoms with Crippen LogP contribution in [0.3, 0.4) is 0 Å². The van der Waals surface area contributed by atoms with E-state index in [1.807, 2.05) is 0 Å². The van der Waals surface area contributed by atoms with Gasteiger partial charge in [-0.1, -0.05) is 17.4 Å². The number of halogens is 2. The minimum Gasteiger partial charge on any atom is -0.379 e. The van der Waals surface area contributed by atoms with Crippen molar-refractivity contribution >= 4 is 42.4 Å². The molecule has 1 aliphatic rings. The van der Waals surface area contributed by atoms with Crippen molar-refractivity contribution in [1.29, 1.82) is 0 Å². The fraction of sp³-hybridized carbons (Fsp3) is 0.364. The average molecular weight is 496 g/mol. The predicted octanol–water partition coefficient (Wildman–Crippen LogP) is 3.35. The third kappa shape index (κ3) is 5.55. The van der Waals surface area contributed by atoms with Gasteiger partial charge >= 0.3 is 0 Å². The zero-order chi connectivity index (χ0) is 23.6. The molecule has 4 rings (SSSR count). The van der Waals surface area contributed by atoms with Gasteiger partial charge in [0.2, 0.25) is 0 Å². The van der Waals surface area contributed by atoms with Crippen LogP contribution < -0.4 is 4.90 Å². The number of aromatic nitrogens is 1. The average Bonchev–Trinajstić information content (AvgIpc) is 3.20. The van der Waals surface area contributed by atoms with E-state index in [1.54, 1.807) is 0 Å². The molecular weight excluding hydrogens is 472 g/mol. The molecule has 33 heavy (non-hydrogen) atoms. The summed E-state index contributed by atoms with van der Waals surface area (Å²) in [6, 6.07) is 7.71. The van der Waals surface area contributed by atoms with Gasteiger partial charge in [0.25, 0.3) is 5.91 Å². The molecule has 7 nitrogen and oxygen atoms in total. The molecule has 11 heteroatoms. The molecular formula is C22H23F2N3O4S2. The van der Waals surface area contributed by atoms with Crippen molar-refractivity contribution in [2.75, 3.05) is 50.5 Å². The number of hydrogen-bond donors (Lipinski definition) is 0. The van der Waals surface area contributed by atoms with Crippen LogP contribution in [0, 0.1) is 11.6 Å². The lowest BCUT2D eigenvalue weighted by Gasteiger charge is -2.27. The molecule has 2 aromatic carbocycles. The second kappa shape index (κ2) is 9.80. The number of thiazole rings is 1. The maximum absolute atomic E-state index is 14.2. The second-order valence-corrected chi connectivity index (χ2v) is 10.8. The van der Waals surface area contributed by atoms with Gasteiger partial charge in [-0.3, -0.25) is 14.6 Å². The van der Waals surface area contributed by atoms with Crippen LogP contribution >= 0.6 is 11.3 Å². The molecule has 1 saturated heterocycles. The first-order valence-electron chi connectivity index (χ1n) is 10.4. The van der Waals surface area contributed by atoms with E-state index >= 15 is 0 Å². The van der Waals surface area contributed by atoms with Crippen LogP contribution in [0.1, 0.15) is 16.8 Å². The monoisotopic (exact) mass is 495 g/mol. The summed E-state index contributed by atoms with van der Waals surface area (Å²) >= 11 is 1.01. The van der Waals surface area contributed by atoms with Crippen molar-refractivity contribution in [3.05, 3.63) is 53.6 Å². The molecule has 1 aromatic heterocycles. The highest BCUT2D eigenvalue weighted by molar-refractivity contribution is 7.90. The minimum atomic E-state index is -3.51. The Morgan fingerprint density at radius 3 is 2.70 bits per heavy atom. The van der Waals surface area contributed by atoms with Gasteiger partial charge in [0.15, 0.2) is 20.8 Å². The lowest BCUT2D eigenvalue weighted by molar-refractivity contribution is 0.0376. The lowest BCUT2D eigenvalue weighted by atomic mass is 10.2. The lowest BCUT2D eigenvalue weighted by Crippen LogP contribution is -2.39. The molecule has 2 heterocycles. The van der Waals surface area contributed by atoms with Gasteiger partial charge in [-0.05, 0) is 30.7 Å². The highest BCUT2D eigenvalue weighted by Crippen LogP contribution is 2.32. The highest BCUT2D eigenvalue weighted by Gasteiger charge is 2.24. The molecule has 1 aliphatic heterocycles. The highest BCUT2D eigenvalue weighted by atomic mass is 32.2. The third-order valence-electron chi connectivity index (χ3n) is 5.35. The molecule has 0 N–H and O–H groups in total. The third-order valence-corrected chi connectivity index (χ3v) is 7.48. The normalized spacial score (nSPS) is 15.1. The first-order chi connectivity index (χ1) is 15.7. The van der Waals surface area contributed by atoms with Crippen LogP contribution in [0.15, 0.2) is 41.3 Å². The van der Waals surface area contributed by atoms with Crippen LogP contribution in [-0.4, -0.2) is 69.9 Å². The Hall–Kier alpha value is -2.47. The Morgan fingerprint density at radius 1 is 1.21 bits per heavy atom.